The number of benzene rings is 1. The summed E-state index contributed by atoms with van der Waals surface area (Å²) in [5.74, 6) is -0.185. The van der Waals surface area contributed by atoms with Crippen molar-refractivity contribution >= 4 is 0 Å². The van der Waals surface area contributed by atoms with Crippen LogP contribution in [0.15, 0.2) is 6.07 Å². The zero-order chi connectivity index (χ0) is 13.7. The molecule has 1 atom stereocenters. The van der Waals surface area contributed by atoms with Crippen molar-refractivity contribution in [2.45, 2.75) is 6.10 Å². The number of aliphatic hydroxyl groups is 1. The summed E-state index contributed by atoms with van der Waals surface area (Å²) in [5.41, 5.74) is 0.0167. The number of hydrogen-bond donors (Lipinski definition) is 2. The van der Waals surface area contributed by atoms with Crippen molar-refractivity contribution in [3.8, 4) is 17.2 Å². The van der Waals surface area contributed by atoms with Crippen LogP contribution >= 0.6 is 0 Å². The van der Waals surface area contributed by atoms with Crippen LogP contribution in [0.4, 0.5) is 4.39 Å². The number of rotatable bonds is 6. The number of aliphatic hydroxyl groups excluding tert-OH is 1. The molecule has 1 aromatic rings. The number of likely N-dealkylation sites (N-methyl/N-ethyl adjacent to an activating group) is 1. The molecule has 6 heteroatoms. The highest BCUT2D eigenvalue weighted by Gasteiger charge is 2.25. The lowest BCUT2D eigenvalue weighted by molar-refractivity contribution is 0.166. The zero-order valence-electron chi connectivity index (χ0n) is 10.9. The topological polar surface area (TPSA) is 60.0 Å². The van der Waals surface area contributed by atoms with Crippen molar-refractivity contribution in [2.75, 3.05) is 34.9 Å². The summed E-state index contributed by atoms with van der Waals surface area (Å²) in [6, 6.07) is 1.38. The molecule has 0 amide bonds. The van der Waals surface area contributed by atoms with Crippen LogP contribution in [-0.2, 0) is 0 Å². The number of methoxy groups -OCH3 is 3. The second-order valence-corrected chi connectivity index (χ2v) is 3.62. The van der Waals surface area contributed by atoms with E-state index in [0.29, 0.717) is 5.75 Å². The van der Waals surface area contributed by atoms with Gasteiger partial charge in [0.15, 0.2) is 23.1 Å². The van der Waals surface area contributed by atoms with E-state index in [0.717, 1.165) is 0 Å². The largest absolute Gasteiger partial charge is 0.494 e. The fourth-order valence-corrected chi connectivity index (χ4v) is 1.72. The van der Waals surface area contributed by atoms with Crippen molar-refractivity contribution in [3.05, 3.63) is 17.4 Å². The number of nitrogens with one attached hydrogen (secondary N) is 1. The molecule has 1 aromatic carbocycles. The van der Waals surface area contributed by atoms with Crippen LogP contribution in [0.25, 0.3) is 0 Å². The van der Waals surface area contributed by atoms with Gasteiger partial charge in [-0.15, -0.1) is 0 Å². The first kappa shape index (κ1) is 14.5. The van der Waals surface area contributed by atoms with E-state index >= 15 is 0 Å². The number of halogens is 1. The molecule has 18 heavy (non-hydrogen) atoms. The van der Waals surface area contributed by atoms with Gasteiger partial charge in [0.1, 0.15) is 0 Å². The summed E-state index contributed by atoms with van der Waals surface area (Å²) < 4.78 is 29.3. The van der Waals surface area contributed by atoms with Crippen LogP contribution in [0.1, 0.15) is 11.7 Å². The van der Waals surface area contributed by atoms with Gasteiger partial charge in [-0.3, -0.25) is 0 Å². The van der Waals surface area contributed by atoms with Crippen LogP contribution in [0.5, 0.6) is 17.2 Å². The van der Waals surface area contributed by atoms with Gasteiger partial charge in [0, 0.05) is 12.6 Å². The summed E-state index contributed by atoms with van der Waals surface area (Å²) in [6.07, 6.45) is -1.06. The lowest BCUT2D eigenvalue weighted by Gasteiger charge is -2.19. The Balaban J connectivity index is 3.42. The van der Waals surface area contributed by atoms with Gasteiger partial charge in [0.25, 0.3) is 0 Å². The minimum Gasteiger partial charge on any atom is -0.494 e. The quantitative estimate of drug-likeness (QED) is 0.801. The molecular weight excluding hydrogens is 241 g/mol. The van der Waals surface area contributed by atoms with E-state index in [2.05, 4.69) is 5.32 Å². The smallest absolute Gasteiger partial charge is 0.174 e. The lowest BCUT2D eigenvalue weighted by Crippen LogP contribution is -2.19. The summed E-state index contributed by atoms with van der Waals surface area (Å²) in [4.78, 5) is 0. The Morgan fingerprint density at radius 2 is 1.83 bits per heavy atom. The molecular formula is C12H18FNO4. The van der Waals surface area contributed by atoms with Crippen molar-refractivity contribution in [1.82, 2.24) is 5.32 Å². The molecule has 0 bridgehead atoms. The molecule has 2 N–H and O–H groups in total. The van der Waals surface area contributed by atoms with Gasteiger partial charge in [0.05, 0.1) is 33.0 Å². The highest BCUT2D eigenvalue weighted by atomic mass is 19.1. The lowest BCUT2D eigenvalue weighted by atomic mass is 10.1. The van der Waals surface area contributed by atoms with Crippen LogP contribution in [0, 0.1) is 5.82 Å². The predicted molar refractivity (Wildman–Crippen MR) is 64.9 cm³/mol. The van der Waals surface area contributed by atoms with E-state index in [1.165, 1.54) is 27.4 Å². The van der Waals surface area contributed by atoms with Crippen molar-refractivity contribution in [3.63, 3.8) is 0 Å². The molecule has 0 aliphatic rings. The van der Waals surface area contributed by atoms with Crippen molar-refractivity contribution in [2.24, 2.45) is 0 Å². The highest BCUT2D eigenvalue weighted by molar-refractivity contribution is 5.54. The molecule has 0 radical (unpaired) electrons. The number of ether oxygens (including phenoxy) is 3. The minimum absolute atomic E-state index is 0.00203. The maximum Gasteiger partial charge on any atom is 0.174 e. The SMILES string of the molecule is CNCC(O)c1c(F)c(OC)cc(OC)c1OC. The molecule has 0 aliphatic carbocycles. The Kier molecular flexibility index (Phi) is 5.18. The second-order valence-electron chi connectivity index (χ2n) is 3.62. The molecule has 1 rings (SSSR count). The van der Waals surface area contributed by atoms with Crippen molar-refractivity contribution in [1.29, 1.82) is 0 Å². The van der Waals surface area contributed by atoms with E-state index < -0.39 is 11.9 Å². The summed E-state index contributed by atoms with van der Waals surface area (Å²) in [6.45, 7) is 0.184. The molecule has 0 heterocycles. The van der Waals surface area contributed by atoms with Gasteiger partial charge < -0.3 is 24.6 Å². The second kappa shape index (κ2) is 6.42. The van der Waals surface area contributed by atoms with Crippen LogP contribution < -0.4 is 19.5 Å². The van der Waals surface area contributed by atoms with Gasteiger partial charge in [-0.2, -0.15) is 0 Å². The first-order chi connectivity index (χ1) is 8.60. The summed E-state index contributed by atoms with van der Waals surface area (Å²) in [5, 5.41) is 12.7. The minimum atomic E-state index is -1.06. The molecule has 0 saturated carbocycles. The fourth-order valence-electron chi connectivity index (χ4n) is 1.72. The van der Waals surface area contributed by atoms with E-state index in [4.69, 9.17) is 14.2 Å². The Morgan fingerprint density at radius 3 is 2.28 bits per heavy atom. The van der Waals surface area contributed by atoms with Gasteiger partial charge in [-0.1, -0.05) is 0 Å². The Morgan fingerprint density at radius 1 is 1.22 bits per heavy atom. The fraction of sp³-hybridized carbons (Fsp3) is 0.500. The first-order valence-corrected chi connectivity index (χ1v) is 5.41. The van der Waals surface area contributed by atoms with Gasteiger partial charge >= 0.3 is 0 Å². The molecule has 0 fully saturated rings. The molecule has 0 aliphatic heterocycles. The maximum atomic E-state index is 14.2. The molecule has 0 aromatic heterocycles. The molecule has 102 valence electrons. The normalized spacial score (nSPS) is 12.1. The standard InChI is InChI=1S/C12H18FNO4/c1-14-6-7(15)10-11(13)8(16-2)5-9(17-3)12(10)18-4/h5,7,14-15H,6H2,1-4H3. The molecule has 0 saturated heterocycles. The Bertz CT molecular complexity index is 412. The third-order valence-electron chi connectivity index (χ3n) is 2.56. The predicted octanol–water partition coefficient (Wildman–Crippen LogP) is 1.10. The van der Waals surface area contributed by atoms with E-state index in [1.54, 1.807) is 7.05 Å². The van der Waals surface area contributed by atoms with E-state index in [1.807, 2.05) is 0 Å². The molecule has 5 nitrogen and oxygen atoms in total. The molecule has 1 unspecified atom stereocenters. The van der Waals surface area contributed by atoms with E-state index in [9.17, 15) is 9.50 Å². The highest BCUT2D eigenvalue weighted by Crippen LogP contribution is 2.41. The van der Waals surface area contributed by atoms with Gasteiger partial charge in [-0.25, -0.2) is 4.39 Å². The average Bonchev–Trinajstić information content (AvgIpc) is 2.38. The maximum absolute atomic E-state index is 14.2. The Hall–Kier alpha value is -1.53. The first-order valence-electron chi connectivity index (χ1n) is 5.41. The zero-order valence-corrected chi connectivity index (χ0v) is 10.9. The monoisotopic (exact) mass is 259 g/mol. The summed E-state index contributed by atoms with van der Waals surface area (Å²) in [7, 11) is 5.83. The third-order valence-corrected chi connectivity index (χ3v) is 2.56. The molecule has 0 spiro atoms. The van der Waals surface area contributed by atoms with Gasteiger partial charge in [-0.05, 0) is 7.05 Å². The van der Waals surface area contributed by atoms with E-state index in [-0.39, 0.29) is 23.6 Å². The summed E-state index contributed by atoms with van der Waals surface area (Å²) >= 11 is 0. The van der Waals surface area contributed by atoms with Crippen LogP contribution in [0.2, 0.25) is 0 Å². The van der Waals surface area contributed by atoms with Crippen molar-refractivity contribution < 1.29 is 23.7 Å². The van der Waals surface area contributed by atoms with Gasteiger partial charge in [0.2, 0.25) is 0 Å². The average molecular weight is 259 g/mol. The third kappa shape index (κ3) is 2.65. The van der Waals surface area contributed by atoms with Crippen LogP contribution in [-0.4, -0.2) is 40.0 Å². The Labute approximate surface area is 105 Å². The number of hydrogen-bond acceptors (Lipinski definition) is 5. The van der Waals surface area contributed by atoms with Crippen LogP contribution in [0.3, 0.4) is 0 Å².